The number of likely N-dealkylation sites (N-methyl/N-ethyl adjacent to an activating group) is 1. The van der Waals surface area contributed by atoms with Gasteiger partial charge >= 0.3 is 0 Å². The second kappa shape index (κ2) is 8.83. The second-order valence-electron chi connectivity index (χ2n) is 6.90. The van der Waals surface area contributed by atoms with Crippen molar-refractivity contribution < 1.29 is 14.5 Å². The number of nitrogens with one attached hydrogen (secondary N) is 2. The van der Waals surface area contributed by atoms with E-state index in [1.807, 2.05) is 38.1 Å². The van der Waals surface area contributed by atoms with Crippen molar-refractivity contribution in [3.63, 3.8) is 0 Å². The minimum absolute atomic E-state index is 0.0472. The summed E-state index contributed by atoms with van der Waals surface area (Å²) in [7, 11) is 1.71. The highest BCUT2D eigenvalue weighted by Crippen LogP contribution is 2.08. The third kappa shape index (κ3) is 5.34. The molecule has 0 spiro atoms. The third-order valence-electron chi connectivity index (χ3n) is 4.82. The average molecular weight is 332 g/mol. The van der Waals surface area contributed by atoms with Crippen LogP contribution >= 0.6 is 0 Å². The molecule has 0 unspecified atom stereocenters. The fourth-order valence-electron chi connectivity index (χ4n) is 3.25. The lowest BCUT2D eigenvalue weighted by Gasteiger charge is -2.27. The average Bonchev–Trinajstić information content (AvgIpc) is 2.84. The Balaban J connectivity index is 1.85. The monoisotopic (exact) mass is 332 g/mol. The Hall–Kier alpha value is -1.88. The fraction of sp³-hybridized carbons (Fsp3) is 0.579. The topological polar surface area (TPSA) is 53.9 Å². The molecule has 5 heteroatoms. The molecule has 1 aromatic rings. The van der Waals surface area contributed by atoms with Crippen LogP contribution in [-0.4, -0.2) is 49.4 Å². The van der Waals surface area contributed by atoms with E-state index in [2.05, 4.69) is 5.32 Å². The van der Waals surface area contributed by atoms with Crippen molar-refractivity contribution in [1.82, 2.24) is 4.90 Å². The Morgan fingerprint density at radius 3 is 2.29 bits per heavy atom. The molecule has 24 heavy (non-hydrogen) atoms. The first-order valence-electron chi connectivity index (χ1n) is 8.93. The molecule has 0 bridgehead atoms. The minimum atomic E-state index is -0.159. The molecule has 1 saturated heterocycles. The molecule has 1 aliphatic rings. The summed E-state index contributed by atoms with van der Waals surface area (Å²) in [6, 6.07) is 7.57. The van der Waals surface area contributed by atoms with Crippen LogP contribution in [0.25, 0.3) is 0 Å². The maximum Gasteiger partial charge on any atom is 0.280 e. The highest BCUT2D eigenvalue weighted by atomic mass is 16.2. The van der Waals surface area contributed by atoms with Crippen molar-refractivity contribution in [2.75, 3.05) is 32.0 Å². The van der Waals surface area contributed by atoms with E-state index in [0.717, 1.165) is 24.3 Å². The van der Waals surface area contributed by atoms with Crippen LogP contribution in [0.4, 0.5) is 5.69 Å². The zero-order valence-corrected chi connectivity index (χ0v) is 15.1. The molecule has 1 aromatic carbocycles. The smallest absolute Gasteiger partial charge is 0.280 e. The molecule has 1 atom stereocenters. The number of hydrogen-bond acceptors (Lipinski definition) is 2. The van der Waals surface area contributed by atoms with E-state index >= 15 is 0 Å². The summed E-state index contributed by atoms with van der Waals surface area (Å²) in [5, 5.41) is 2.84. The van der Waals surface area contributed by atoms with Crippen LogP contribution in [0, 0.1) is 6.92 Å². The van der Waals surface area contributed by atoms with E-state index in [0.29, 0.717) is 0 Å². The normalized spacial score (nSPS) is 17.0. The molecule has 0 saturated carbocycles. The van der Waals surface area contributed by atoms with Crippen LogP contribution in [0.1, 0.15) is 38.2 Å². The molecule has 2 N–H and O–H groups in total. The molecule has 132 valence electrons. The summed E-state index contributed by atoms with van der Waals surface area (Å²) in [6.07, 6.45) is 4.90. The van der Waals surface area contributed by atoms with E-state index in [9.17, 15) is 9.59 Å². The molecule has 2 amide bonds. The van der Waals surface area contributed by atoms with E-state index in [1.54, 1.807) is 11.9 Å². The van der Waals surface area contributed by atoms with Crippen LogP contribution in [-0.2, 0) is 9.59 Å². The highest BCUT2D eigenvalue weighted by Gasteiger charge is 2.28. The van der Waals surface area contributed by atoms with Crippen LogP contribution in [0.15, 0.2) is 24.3 Å². The number of quaternary nitrogens is 1. The maximum atomic E-state index is 12.6. The van der Waals surface area contributed by atoms with Gasteiger partial charge in [0, 0.05) is 12.7 Å². The quantitative estimate of drug-likeness (QED) is 0.852. The first kappa shape index (κ1) is 18.5. The van der Waals surface area contributed by atoms with Crippen molar-refractivity contribution in [3.8, 4) is 0 Å². The van der Waals surface area contributed by atoms with Gasteiger partial charge in [-0.2, -0.15) is 0 Å². The molecule has 0 radical (unpaired) electrons. The minimum Gasteiger partial charge on any atom is -0.331 e. The van der Waals surface area contributed by atoms with E-state index in [-0.39, 0.29) is 24.4 Å². The highest BCUT2D eigenvalue weighted by molar-refractivity contribution is 5.94. The molecule has 0 aromatic heterocycles. The van der Waals surface area contributed by atoms with Crippen molar-refractivity contribution >= 4 is 17.5 Å². The lowest BCUT2D eigenvalue weighted by molar-refractivity contribution is -0.913. The van der Waals surface area contributed by atoms with Gasteiger partial charge < -0.3 is 15.1 Å². The molecular formula is C19H30N3O2+. The van der Waals surface area contributed by atoms with Gasteiger partial charge in [-0.15, -0.1) is 0 Å². The largest absolute Gasteiger partial charge is 0.331 e. The van der Waals surface area contributed by atoms with Gasteiger partial charge in [0.1, 0.15) is 0 Å². The van der Waals surface area contributed by atoms with Gasteiger partial charge in [-0.1, -0.05) is 17.7 Å². The number of anilines is 1. The second-order valence-corrected chi connectivity index (χ2v) is 6.90. The zero-order valence-electron chi connectivity index (χ0n) is 15.1. The van der Waals surface area contributed by atoms with Crippen LogP contribution < -0.4 is 10.2 Å². The molecular weight excluding hydrogens is 302 g/mol. The van der Waals surface area contributed by atoms with Gasteiger partial charge in [0.2, 0.25) is 5.91 Å². The Morgan fingerprint density at radius 2 is 1.71 bits per heavy atom. The predicted octanol–water partition coefficient (Wildman–Crippen LogP) is 1.24. The SMILES string of the molecule is Cc1ccc(NC(=O)CN(C)C(=O)[C@H](C)[NH+]2CCCCCC2)cc1. The summed E-state index contributed by atoms with van der Waals surface area (Å²) in [6.45, 7) is 6.18. The van der Waals surface area contributed by atoms with Gasteiger partial charge in [-0.05, 0) is 51.7 Å². The first-order chi connectivity index (χ1) is 11.5. The van der Waals surface area contributed by atoms with E-state index in [4.69, 9.17) is 0 Å². The number of amides is 2. The summed E-state index contributed by atoms with van der Waals surface area (Å²) in [5.41, 5.74) is 1.91. The van der Waals surface area contributed by atoms with Crippen LogP contribution in [0.5, 0.6) is 0 Å². The lowest BCUT2D eigenvalue weighted by Crippen LogP contribution is -3.16. The Labute approximate surface area is 145 Å². The molecule has 2 rings (SSSR count). The number of aryl methyl sites for hydroxylation is 1. The number of benzene rings is 1. The van der Waals surface area contributed by atoms with Gasteiger partial charge in [0.15, 0.2) is 6.04 Å². The summed E-state index contributed by atoms with van der Waals surface area (Å²) in [4.78, 5) is 27.7. The number of nitrogens with zero attached hydrogens (tertiary/aromatic N) is 1. The Kier molecular flexibility index (Phi) is 6.79. The van der Waals surface area contributed by atoms with Gasteiger partial charge in [0.25, 0.3) is 5.91 Å². The van der Waals surface area contributed by atoms with E-state index < -0.39 is 0 Å². The zero-order chi connectivity index (χ0) is 17.5. The van der Waals surface area contributed by atoms with Crippen molar-refractivity contribution in [2.45, 2.75) is 45.6 Å². The lowest BCUT2D eigenvalue weighted by atomic mass is 10.2. The number of rotatable bonds is 5. The maximum absolute atomic E-state index is 12.6. The standard InChI is InChI=1S/C19H29N3O2/c1-15-8-10-17(11-9-15)20-18(23)14-21(3)19(24)16(2)22-12-6-4-5-7-13-22/h8-11,16H,4-7,12-14H2,1-3H3,(H,20,23)/p+1/t16-/m0/s1. The van der Waals surface area contributed by atoms with Gasteiger partial charge in [-0.25, -0.2) is 0 Å². The number of carbonyl (C=O) groups excluding carboxylic acids is 2. The summed E-state index contributed by atoms with van der Waals surface area (Å²) >= 11 is 0. The van der Waals surface area contributed by atoms with Crippen LogP contribution in [0.2, 0.25) is 0 Å². The van der Waals surface area contributed by atoms with E-state index in [1.165, 1.54) is 30.6 Å². The summed E-state index contributed by atoms with van der Waals surface area (Å²) in [5.74, 6) is -0.112. The van der Waals surface area contributed by atoms with Crippen LogP contribution in [0.3, 0.4) is 0 Å². The van der Waals surface area contributed by atoms with Crippen molar-refractivity contribution in [1.29, 1.82) is 0 Å². The fourth-order valence-corrected chi connectivity index (χ4v) is 3.25. The Bertz CT molecular complexity index is 548. The third-order valence-corrected chi connectivity index (χ3v) is 4.82. The van der Waals surface area contributed by atoms with Gasteiger partial charge in [0.05, 0.1) is 19.6 Å². The van der Waals surface area contributed by atoms with Gasteiger partial charge in [-0.3, -0.25) is 9.59 Å². The number of carbonyl (C=O) groups is 2. The number of likely N-dealkylation sites (tertiary alicyclic amines) is 1. The molecule has 1 aliphatic heterocycles. The molecule has 1 heterocycles. The number of hydrogen-bond donors (Lipinski definition) is 2. The first-order valence-corrected chi connectivity index (χ1v) is 8.93. The molecule has 0 aliphatic carbocycles. The predicted molar refractivity (Wildman–Crippen MR) is 96.1 cm³/mol. The molecule has 5 nitrogen and oxygen atoms in total. The van der Waals surface area contributed by atoms with Crippen molar-refractivity contribution in [2.24, 2.45) is 0 Å². The molecule has 1 fully saturated rings. The Morgan fingerprint density at radius 1 is 1.12 bits per heavy atom. The summed E-state index contributed by atoms with van der Waals surface area (Å²) < 4.78 is 0. The van der Waals surface area contributed by atoms with Crippen molar-refractivity contribution in [3.05, 3.63) is 29.8 Å².